The quantitative estimate of drug-likeness (QED) is 0.686. The molecule has 0 bridgehead atoms. The summed E-state index contributed by atoms with van der Waals surface area (Å²) in [5.74, 6) is -1.36. The number of ether oxygens (including phenoxy) is 2. The van der Waals surface area contributed by atoms with E-state index in [0.717, 1.165) is 0 Å². The normalized spacial score (nSPS) is 11.0. The first-order valence-corrected chi connectivity index (χ1v) is 7.18. The standard InChI is InChI=1S/C16H12F2N2O5/c17-15(18)25-13-3-1-2-10(19-13)8-23-14(21)7-9-4-5-12-11(6-9)20-16(22)24-12/h1-6,15H,7-8H2,(H,20,22). The van der Waals surface area contributed by atoms with Gasteiger partial charge >= 0.3 is 18.3 Å². The first-order valence-electron chi connectivity index (χ1n) is 7.18. The van der Waals surface area contributed by atoms with Gasteiger partial charge in [0, 0.05) is 6.07 Å². The lowest BCUT2D eigenvalue weighted by molar-refractivity contribution is -0.144. The smallest absolute Gasteiger partial charge is 0.417 e. The number of oxazole rings is 1. The maximum atomic E-state index is 12.1. The number of benzene rings is 1. The van der Waals surface area contributed by atoms with E-state index >= 15 is 0 Å². The number of alkyl halides is 2. The largest absolute Gasteiger partial charge is 0.459 e. The lowest BCUT2D eigenvalue weighted by Crippen LogP contribution is -2.09. The highest BCUT2D eigenvalue weighted by atomic mass is 19.3. The molecule has 0 unspecified atom stereocenters. The van der Waals surface area contributed by atoms with Crippen molar-refractivity contribution in [2.75, 3.05) is 0 Å². The van der Waals surface area contributed by atoms with Gasteiger partial charge < -0.3 is 13.9 Å². The van der Waals surface area contributed by atoms with Gasteiger partial charge in [0.2, 0.25) is 5.88 Å². The topological polar surface area (TPSA) is 94.4 Å². The van der Waals surface area contributed by atoms with E-state index in [2.05, 4.69) is 14.7 Å². The Hall–Kier alpha value is -3.23. The maximum absolute atomic E-state index is 12.1. The van der Waals surface area contributed by atoms with Crippen LogP contribution in [-0.4, -0.2) is 22.5 Å². The van der Waals surface area contributed by atoms with Gasteiger partial charge in [-0.05, 0) is 23.8 Å². The van der Waals surface area contributed by atoms with Crippen LogP contribution < -0.4 is 10.5 Å². The van der Waals surface area contributed by atoms with Crippen LogP contribution in [0.3, 0.4) is 0 Å². The third-order valence-electron chi connectivity index (χ3n) is 3.20. The van der Waals surface area contributed by atoms with Gasteiger partial charge in [0.25, 0.3) is 0 Å². The number of hydrogen-bond donors (Lipinski definition) is 1. The molecule has 2 heterocycles. The van der Waals surface area contributed by atoms with Crippen molar-refractivity contribution in [1.82, 2.24) is 9.97 Å². The molecule has 0 spiro atoms. The SMILES string of the molecule is O=C(Cc1ccc2oc(=O)[nH]c2c1)OCc1cccc(OC(F)F)n1. The van der Waals surface area contributed by atoms with Crippen LogP contribution in [0.25, 0.3) is 11.1 Å². The summed E-state index contributed by atoms with van der Waals surface area (Å²) in [5.41, 5.74) is 1.77. The van der Waals surface area contributed by atoms with Crippen LogP contribution in [0.15, 0.2) is 45.6 Å². The van der Waals surface area contributed by atoms with E-state index in [1.807, 2.05) is 0 Å². The molecule has 1 N–H and O–H groups in total. The molecule has 3 rings (SSSR count). The summed E-state index contributed by atoms with van der Waals surface area (Å²) in [7, 11) is 0. The first kappa shape index (κ1) is 16.6. The fourth-order valence-electron chi connectivity index (χ4n) is 2.18. The molecule has 2 aromatic heterocycles. The fraction of sp³-hybridized carbons (Fsp3) is 0.188. The summed E-state index contributed by atoms with van der Waals surface area (Å²) >= 11 is 0. The average Bonchev–Trinajstić information content (AvgIpc) is 2.92. The zero-order chi connectivity index (χ0) is 17.8. The number of halogens is 2. The molecular formula is C16H12F2N2O5. The number of aromatic amines is 1. The van der Waals surface area contributed by atoms with Gasteiger partial charge in [0.05, 0.1) is 17.6 Å². The van der Waals surface area contributed by atoms with Crippen molar-refractivity contribution in [2.45, 2.75) is 19.6 Å². The number of carbonyl (C=O) groups excluding carboxylic acids is 1. The molecule has 0 atom stereocenters. The minimum absolute atomic E-state index is 0.0314. The van der Waals surface area contributed by atoms with Crippen molar-refractivity contribution >= 4 is 17.1 Å². The van der Waals surface area contributed by atoms with Gasteiger partial charge in [-0.25, -0.2) is 9.78 Å². The van der Waals surface area contributed by atoms with Gasteiger partial charge in [0.15, 0.2) is 5.58 Å². The first-order chi connectivity index (χ1) is 12.0. The van der Waals surface area contributed by atoms with Crippen molar-refractivity contribution in [3.8, 4) is 5.88 Å². The van der Waals surface area contributed by atoms with Crippen LogP contribution >= 0.6 is 0 Å². The van der Waals surface area contributed by atoms with Crippen molar-refractivity contribution in [2.24, 2.45) is 0 Å². The highest BCUT2D eigenvalue weighted by Crippen LogP contribution is 2.14. The van der Waals surface area contributed by atoms with Crippen molar-refractivity contribution < 1.29 is 27.5 Å². The van der Waals surface area contributed by atoms with Crippen LogP contribution in [0.1, 0.15) is 11.3 Å². The number of H-pyrrole nitrogens is 1. The predicted octanol–water partition coefficient (Wildman–Crippen LogP) is 2.40. The third-order valence-corrected chi connectivity index (χ3v) is 3.20. The Bertz CT molecular complexity index is 951. The van der Waals surface area contributed by atoms with E-state index in [9.17, 15) is 18.4 Å². The molecule has 1 aromatic carbocycles. The molecule has 3 aromatic rings. The number of nitrogens with zero attached hydrogens (tertiary/aromatic N) is 1. The highest BCUT2D eigenvalue weighted by molar-refractivity contribution is 5.77. The van der Waals surface area contributed by atoms with E-state index in [1.165, 1.54) is 18.2 Å². The molecule has 0 aliphatic rings. The van der Waals surface area contributed by atoms with Crippen LogP contribution in [0.5, 0.6) is 5.88 Å². The zero-order valence-corrected chi connectivity index (χ0v) is 12.7. The molecule has 0 aliphatic heterocycles. The van der Waals surface area contributed by atoms with Crippen molar-refractivity contribution in [3.05, 3.63) is 58.2 Å². The van der Waals surface area contributed by atoms with E-state index in [-0.39, 0.29) is 24.6 Å². The van der Waals surface area contributed by atoms with Gasteiger partial charge in [-0.15, -0.1) is 0 Å². The second kappa shape index (κ2) is 7.12. The Labute approximate surface area is 139 Å². The Kier molecular flexibility index (Phi) is 4.73. The summed E-state index contributed by atoms with van der Waals surface area (Å²) in [4.78, 5) is 29.3. The van der Waals surface area contributed by atoms with Crippen LogP contribution in [0.4, 0.5) is 8.78 Å². The molecule has 0 radical (unpaired) electrons. The predicted molar refractivity (Wildman–Crippen MR) is 81.2 cm³/mol. The molecule has 7 nitrogen and oxygen atoms in total. The van der Waals surface area contributed by atoms with Crippen LogP contribution in [0, 0.1) is 0 Å². The minimum Gasteiger partial charge on any atom is -0.459 e. The third kappa shape index (κ3) is 4.40. The maximum Gasteiger partial charge on any atom is 0.417 e. The van der Waals surface area contributed by atoms with E-state index in [0.29, 0.717) is 16.7 Å². The van der Waals surface area contributed by atoms with E-state index in [1.54, 1.807) is 18.2 Å². The lowest BCUT2D eigenvalue weighted by Gasteiger charge is -2.07. The highest BCUT2D eigenvalue weighted by Gasteiger charge is 2.10. The van der Waals surface area contributed by atoms with Crippen molar-refractivity contribution in [3.63, 3.8) is 0 Å². The summed E-state index contributed by atoms with van der Waals surface area (Å²) in [6.07, 6.45) is -0.0314. The number of hydrogen-bond acceptors (Lipinski definition) is 6. The Morgan fingerprint density at radius 1 is 1.28 bits per heavy atom. The molecule has 25 heavy (non-hydrogen) atoms. The van der Waals surface area contributed by atoms with Gasteiger partial charge in [-0.1, -0.05) is 12.1 Å². The Balaban J connectivity index is 1.59. The molecule has 0 amide bonds. The number of esters is 1. The van der Waals surface area contributed by atoms with Gasteiger partial charge in [-0.3, -0.25) is 9.78 Å². The number of fused-ring (bicyclic) bond motifs is 1. The summed E-state index contributed by atoms with van der Waals surface area (Å²) in [5, 5.41) is 0. The minimum atomic E-state index is -2.98. The fourth-order valence-corrected chi connectivity index (χ4v) is 2.18. The number of carbonyl (C=O) groups is 1. The second-order valence-corrected chi connectivity index (χ2v) is 5.03. The number of pyridine rings is 1. The summed E-state index contributed by atoms with van der Waals surface area (Å²) in [6.45, 7) is -3.15. The average molecular weight is 350 g/mol. The Morgan fingerprint density at radius 2 is 2.12 bits per heavy atom. The summed E-state index contributed by atoms with van der Waals surface area (Å²) < 4.78 is 38.4. The molecule has 130 valence electrons. The van der Waals surface area contributed by atoms with E-state index < -0.39 is 18.3 Å². The number of aromatic nitrogens is 2. The molecule has 0 saturated heterocycles. The Morgan fingerprint density at radius 3 is 2.92 bits per heavy atom. The van der Waals surface area contributed by atoms with E-state index in [4.69, 9.17) is 9.15 Å². The van der Waals surface area contributed by atoms with Gasteiger partial charge in [-0.2, -0.15) is 8.78 Å². The zero-order valence-electron chi connectivity index (χ0n) is 12.7. The second-order valence-electron chi connectivity index (χ2n) is 5.03. The van der Waals surface area contributed by atoms with Crippen LogP contribution in [-0.2, 0) is 22.6 Å². The molecule has 0 saturated carbocycles. The van der Waals surface area contributed by atoms with Crippen LogP contribution in [0.2, 0.25) is 0 Å². The molecular weight excluding hydrogens is 338 g/mol. The van der Waals surface area contributed by atoms with Crippen molar-refractivity contribution in [1.29, 1.82) is 0 Å². The number of nitrogens with one attached hydrogen (secondary N) is 1. The number of rotatable bonds is 6. The van der Waals surface area contributed by atoms with Gasteiger partial charge in [0.1, 0.15) is 6.61 Å². The lowest BCUT2D eigenvalue weighted by atomic mass is 10.1. The monoisotopic (exact) mass is 350 g/mol. The molecule has 0 fully saturated rings. The summed E-state index contributed by atoms with van der Waals surface area (Å²) in [6, 6.07) is 9.08. The molecule has 0 aliphatic carbocycles. The molecule has 9 heteroatoms.